The first-order valence-corrected chi connectivity index (χ1v) is 15.4. The van der Waals surface area contributed by atoms with Gasteiger partial charge in [-0.15, -0.1) is 0 Å². The van der Waals surface area contributed by atoms with Gasteiger partial charge < -0.3 is 9.47 Å². The van der Waals surface area contributed by atoms with E-state index in [-0.39, 0.29) is 46.7 Å². The molecule has 2 amide bonds. The average molecular weight is 540 g/mol. The monoisotopic (exact) mass is 539 g/mol. The lowest BCUT2D eigenvalue weighted by molar-refractivity contribution is -0.149. The third kappa shape index (κ3) is 4.88. The highest BCUT2D eigenvalue weighted by Crippen LogP contribution is 2.69. The molecule has 3 fully saturated rings. The van der Waals surface area contributed by atoms with E-state index in [1.165, 1.54) is 44.1 Å². The van der Waals surface area contributed by atoms with Crippen LogP contribution < -0.4 is 0 Å². The summed E-state index contributed by atoms with van der Waals surface area (Å²) in [5, 5.41) is 0. The number of carbonyl (C=O) groups is 3. The summed E-state index contributed by atoms with van der Waals surface area (Å²) in [5.41, 5.74) is 3.50. The van der Waals surface area contributed by atoms with E-state index in [1.54, 1.807) is 5.57 Å². The second-order valence-corrected chi connectivity index (χ2v) is 14.0. The first-order valence-electron chi connectivity index (χ1n) is 15.4. The fourth-order valence-corrected chi connectivity index (χ4v) is 9.81. The van der Waals surface area contributed by atoms with E-state index >= 15 is 0 Å². The van der Waals surface area contributed by atoms with E-state index in [2.05, 4.69) is 33.8 Å². The third-order valence-electron chi connectivity index (χ3n) is 11.7. The Morgan fingerprint density at radius 2 is 1.82 bits per heavy atom. The number of fused-ring (bicyclic) bond motifs is 7. The van der Waals surface area contributed by atoms with Crippen LogP contribution in [0.2, 0.25) is 0 Å². The van der Waals surface area contributed by atoms with Crippen LogP contribution in [0.25, 0.3) is 0 Å². The van der Waals surface area contributed by atoms with E-state index in [1.807, 2.05) is 0 Å². The van der Waals surface area contributed by atoms with Crippen molar-refractivity contribution in [3.63, 3.8) is 0 Å². The minimum atomic E-state index is -0.179. The predicted octanol–water partition coefficient (Wildman–Crippen LogP) is 6.59. The van der Waals surface area contributed by atoms with Gasteiger partial charge >= 0.3 is 5.97 Å². The lowest BCUT2D eigenvalue weighted by atomic mass is 9.47. The zero-order valence-electron chi connectivity index (χ0n) is 25.2. The number of imide groups is 1. The number of esters is 1. The summed E-state index contributed by atoms with van der Waals surface area (Å²) in [6, 6.07) is 0. The summed E-state index contributed by atoms with van der Waals surface area (Å²) < 4.78 is 12.4. The summed E-state index contributed by atoms with van der Waals surface area (Å²) in [5.74, 6) is 3.48. The SMILES string of the molecule is CC(=O)O[C@@H]1CC[C@@]2(C)C(=CC[C@@H]3[C@@H]4C[C@@H]5OC(CC[C@H](C)CN(C(C)=O)C(C)=O)=C(C)[C@@H]5[C@@]4(C)CC[C@@H]32)C1. The quantitative estimate of drug-likeness (QED) is 0.281. The lowest BCUT2D eigenvalue weighted by Crippen LogP contribution is -2.50. The molecule has 0 aromatic rings. The van der Waals surface area contributed by atoms with Gasteiger partial charge in [0.2, 0.25) is 11.8 Å². The Kier molecular flexibility index (Phi) is 7.56. The first kappa shape index (κ1) is 28.4. The fourth-order valence-electron chi connectivity index (χ4n) is 9.81. The topological polar surface area (TPSA) is 72.9 Å². The summed E-state index contributed by atoms with van der Waals surface area (Å²) in [4.78, 5) is 36.6. The van der Waals surface area contributed by atoms with Gasteiger partial charge in [-0.2, -0.15) is 0 Å². The summed E-state index contributed by atoms with van der Waals surface area (Å²) in [6.45, 7) is 14.4. The summed E-state index contributed by atoms with van der Waals surface area (Å²) >= 11 is 0. The van der Waals surface area contributed by atoms with Crippen LogP contribution in [0, 0.1) is 40.4 Å². The maximum absolute atomic E-state index is 11.8. The van der Waals surface area contributed by atoms with Crippen LogP contribution in [0.1, 0.15) is 106 Å². The number of amides is 2. The van der Waals surface area contributed by atoms with Crippen LogP contribution >= 0.6 is 0 Å². The number of allylic oxidation sites excluding steroid dienone is 2. The number of hydrogen-bond donors (Lipinski definition) is 0. The largest absolute Gasteiger partial charge is 0.494 e. The molecule has 0 aromatic heterocycles. The van der Waals surface area contributed by atoms with E-state index in [0.29, 0.717) is 30.2 Å². The second kappa shape index (κ2) is 10.4. The van der Waals surface area contributed by atoms with Crippen molar-refractivity contribution < 1.29 is 23.9 Å². The van der Waals surface area contributed by atoms with Crippen molar-refractivity contribution >= 4 is 17.8 Å². The highest BCUT2D eigenvalue weighted by molar-refractivity contribution is 5.92. The van der Waals surface area contributed by atoms with E-state index in [9.17, 15) is 14.4 Å². The van der Waals surface area contributed by atoms with Crippen LogP contribution in [-0.2, 0) is 23.9 Å². The van der Waals surface area contributed by atoms with Crippen molar-refractivity contribution in [2.75, 3.05) is 6.54 Å². The molecule has 6 nitrogen and oxygen atoms in total. The molecular weight excluding hydrogens is 490 g/mol. The number of nitrogens with zero attached hydrogens (tertiary/aromatic N) is 1. The summed E-state index contributed by atoms with van der Waals surface area (Å²) in [7, 11) is 0. The Morgan fingerprint density at radius 3 is 2.49 bits per heavy atom. The van der Waals surface area contributed by atoms with Gasteiger partial charge in [0.15, 0.2) is 0 Å². The Labute approximate surface area is 234 Å². The van der Waals surface area contributed by atoms with Crippen molar-refractivity contribution in [1.29, 1.82) is 0 Å². The minimum absolute atomic E-state index is 0.0494. The molecule has 5 aliphatic rings. The van der Waals surface area contributed by atoms with Crippen molar-refractivity contribution in [2.24, 2.45) is 40.4 Å². The lowest BCUT2D eigenvalue weighted by Gasteiger charge is -2.58. The normalized spacial score (nSPS) is 39.4. The zero-order chi connectivity index (χ0) is 28.3. The Balaban J connectivity index is 1.27. The standard InChI is InChI=1S/C33H49NO5/c1-19(18-34(21(3)35)22(4)36)8-11-29-20(2)31-30(39-29)17-28-26-10-9-24-16-25(38-23(5)37)12-14-32(24,6)27(26)13-15-33(28,31)7/h9,19,25-28,30-31H,8,10-18H2,1-7H3/t19-,25+,26-,27-,28-,30-,31-,32-,33-/m0/s1. The van der Waals surface area contributed by atoms with Gasteiger partial charge in [0.1, 0.15) is 12.2 Å². The van der Waals surface area contributed by atoms with Gasteiger partial charge in [-0.1, -0.05) is 32.4 Å². The molecule has 1 heterocycles. The maximum atomic E-state index is 11.8. The van der Waals surface area contributed by atoms with Gasteiger partial charge in [0.25, 0.3) is 0 Å². The third-order valence-corrected chi connectivity index (χ3v) is 11.7. The van der Waals surface area contributed by atoms with Crippen LogP contribution in [0.15, 0.2) is 23.0 Å². The molecule has 6 heteroatoms. The fraction of sp³-hybridized carbons (Fsp3) is 0.788. The van der Waals surface area contributed by atoms with Crippen molar-refractivity contribution in [3.05, 3.63) is 23.0 Å². The predicted molar refractivity (Wildman–Crippen MR) is 150 cm³/mol. The molecule has 5 rings (SSSR count). The Bertz CT molecular complexity index is 1080. The molecule has 4 aliphatic carbocycles. The van der Waals surface area contributed by atoms with Crippen LogP contribution in [0.3, 0.4) is 0 Å². The van der Waals surface area contributed by atoms with Crippen molar-refractivity contribution in [2.45, 2.75) is 118 Å². The van der Waals surface area contributed by atoms with Crippen LogP contribution in [0.5, 0.6) is 0 Å². The molecule has 39 heavy (non-hydrogen) atoms. The molecule has 0 N–H and O–H groups in total. The van der Waals surface area contributed by atoms with Crippen molar-refractivity contribution in [1.82, 2.24) is 4.90 Å². The maximum Gasteiger partial charge on any atom is 0.302 e. The molecule has 0 radical (unpaired) electrons. The minimum Gasteiger partial charge on any atom is -0.494 e. The molecular formula is C33H49NO5. The van der Waals surface area contributed by atoms with E-state index < -0.39 is 0 Å². The van der Waals surface area contributed by atoms with Gasteiger partial charge in [-0.3, -0.25) is 19.3 Å². The molecule has 1 aliphatic heterocycles. The van der Waals surface area contributed by atoms with Gasteiger partial charge in [0, 0.05) is 46.1 Å². The van der Waals surface area contributed by atoms with Crippen LogP contribution in [-0.4, -0.2) is 41.4 Å². The first-order chi connectivity index (χ1) is 18.3. The Hall–Kier alpha value is -2.11. The molecule has 0 unspecified atom stereocenters. The summed E-state index contributed by atoms with van der Waals surface area (Å²) in [6.07, 6.45) is 12.5. The van der Waals surface area contributed by atoms with Gasteiger partial charge in [-0.05, 0) is 91.9 Å². The van der Waals surface area contributed by atoms with E-state index in [0.717, 1.165) is 50.7 Å². The van der Waals surface area contributed by atoms with E-state index in [4.69, 9.17) is 9.47 Å². The van der Waals surface area contributed by atoms with Crippen molar-refractivity contribution in [3.8, 4) is 0 Å². The number of carbonyl (C=O) groups excluding carboxylic acids is 3. The number of ether oxygens (including phenoxy) is 2. The molecule has 9 atom stereocenters. The molecule has 0 bridgehead atoms. The number of hydrogen-bond acceptors (Lipinski definition) is 5. The molecule has 216 valence electrons. The van der Waals surface area contributed by atoms with Gasteiger partial charge in [-0.25, -0.2) is 0 Å². The highest BCUT2D eigenvalue weighted by Gasteiger charge is 2.63. The zero-order valence-corrected chi connectivity index (χ0v) is 25.2. The highest BCUT2D eigenvalue weighted by atomic mass is 16.5. The smallest absolute Gasteiger partial charge is 0.302 e. The van der Waals surface area contributed by atoms with Crippen LogP contribution in [0.4, 0.5) is 0 Å². The second-order valence-electron chi connectivity index (χ2n) is 14.0. The Morgan fingerprint density at radius 1 is 1.10 bits per heavy atom. The molecule has 0 aromatic carbocycles. The van der Waals surface area contributed by atoms with Gasteiger partial charge in [0.05, 0.1) is 5.76 Å². The molecule has 3 saturated carbocycles. The average Bonchev–Trinajstić information content (AvgIpc) is 3.33. The molecule has 0 saturated heterocycles. The number of rotatable bonds is 6. The molecule has 0 spiro atoms.